The third-order valence-corrected chi connectivity index (χ3v) is 3.54. The van der Waals surface area contributed by atoms with Crippen LogP contribution in [0.4, 0.5) is 0 Å². The van der Waals surface area contributed by atoms with Crippen LogP contribution in [0.25, 0.3) is 0 Å². The topological polar surface area (TPSA) is 33.7 Å². The van der Waals surface area contributed by atoms with Crippen LogP contribution in [0.3, 0.4) is 0 Å². The molecule has 0 spiro atoms. The summed E-state index contributed by atoms with van der Waals surface area (Å²) in [6.45, 7) is 4.33. The van der Waals surface area contributed by atoms with Gasteiger partial charge in [-0.1, -0.05) is 0 Å². The van der Waals surface area contributed by atoms with Crippen LogP contribution in [-0.2, 0) is 9.47 Å². The molecule has 4 heteroatoms. The number of nitrogens with zero attached hydrogens (tertiary/aromatic N) is 1. The van der Waals surface area contributed by atoms with Gasteiger partial charge in [0, 0.05) is 39.9 Å². The third-order valence-electron chi connectivity index (χ3n) is 3.54. The fourth-order valence-corrected chi connectivity index (χ4v) is 2.64. The normalized spacial score (nSPS) is 37.6. The largest absolute Gasteiger partial charge is 0.377 e. The highest BCUT2D eigenvalue weighted by Crippen LogP contribution is 2.17. The number of hydrogen-bond donors (Lipinski definition) is 1. The molecule has 0 saturated carbocycles. The van der Waals surface area contributed by atoms with Gasteiger partial charge in [0.1, 0.15) is 0 Å². The SMILES string of the molecule is COC1CN(C[C@H]2CCCN2)CC1OC. The maximum absolute atomic E-state index is 5.42. The molecule has 2 saturated heterocycles. The van der Waals surface area contributed by atoms with E-state index in [0.29, 0.717) is 6.04 Å². The van der Waals surface area contributed by atoms with Crippen LogP contribution in [0.2, 0.25) is 0 Å². The van der Waals surface area contributed by atoms with Crippen molar-refractivity contribution in [1.82, 2.24) is 10.2 Å². The summed E-state index contributed by atoms with van der Waals surface area (Å²) in [6, 6.07) is 0.679. The fourth-order valence-electron chi connectivity index (χ4n) is 2.64. The van der Waals surface area contributed by atoms with Gasteiger partial charge in [0.05, 0.1) is 12.2 Å². The lowest BCUT2D eigenvalue weighted by molar-refractivity contribution is -0.00461. The number of methoxy groups -OCH3 is 2. The van der Waals surface area contributed by atoms with E-state index in [0.717, 1.165) is 19.6 Å². The van der Waals surface area contributed by atoms with E-state index in [-0.39, 0.29) is 12.2 Å². The van der Waals surface area contributed by atoms with Gasteiger partial charge < -0.3 is 14.8 Å². The highest BCUT2D eigenvalue weighted by molar-refractivity contribution is 4.88. The lowest BCUT2D eigenvalue weighted by Gasteiger charge is -2.19. The van der Waals surface area contributed by atoms with E-state index in [1.807, 2.05) is 0 Å². The fraction of sp³-hybridized carbons (Fsp3) is 1.00. The highest BCUT2D eigenvalue weighted by atomic mass is 16.5. The van der Waals surface area contributed by atoms with Crippen LogP contribution in [0, 0.1) is 0 Å². The Bertz CT molecular complexity index is 183. The maximum Gasteiger partial charge on any atom is 0.0971 e. The zero-order valence-electron chi connectivity index (χ0n) is 9.74. The monoisotopic (exact) mass is 214 g/mol. The predicted molar refractivity (Wildman–Crippen MR) is 59.1 cm³/mol. The number of rotatable bonds is 4. The van der Waals surface area contributed by atoms with E-state index in [9.17, 15) is 0 Å². The summed E-state index contributed by atoms with van der Waals surface area (Å²) in [4.78, 5) is 2.45. The van der Waals surface area contributed by atoms with Crippen molar-refractivity contribution in [2.75, 3.05) is 40.4 Å². The van der Waals surface area contributed by atoms with Crippen LogP contribution < -0.4 is 5.32 Å². The molecule has 2 rings (SSSR count). The van der Waals surface area contributed by atoms with E-state index in [1.54, 1.807) is 14.2 Å². The Morgan fingerprint density at radius 3 is 2.33 bits per heavy atom. The second-order valence-corrected chi connectivity index (χ2v) is 4.56. The summed E-state index contributed by atoms with van der Waals surface area (Å²) in [5.74, 6) is 0. The molecule has 2 fully saturated rings. The Kier molecular flexibility index (Phi) is 3.97. The van der Waals surface area contributed by atoms with Crippen LogP contribution >= 0.6 is 0 Å². The van der Waals surface area contributed by atoms with Crippen LogP contribution in [0.15, 0.2) is 0 Å². The van der Waals surface area contributed by atoms with Gasteiger partial charge in [0.15, 0.2) is 0 Å². The summed E-state index contributed by atoms with van der Waals surface area (Å²) in [5, 5.41) is 3.53. The van der Waals surface area contributed by atoms with Crippen molar-refractivity contribution in [2.24, 2.45) is 0 Å². The Balaban J connectivity index is 1.79. The molecule has 88 valence electrons. The number of nitrogens with one attached hydrogen (secondary N) is 1. The first-order valence-electron chi connectivity index (χ1n) is 5.85. The molecular formula is C11H22N2O2. The summed E-state index contributed by atoms with van der Waals surface area (Å²) in [5.41, 5.74) is 0. The lowest BCUT2D eigenvalue weighted by Crippen LogP contribution is -2.37. The number of hydrogen-bond acceptors (Lipinski definition) is 4. The van der Waals surface area contributed by atoms with Crippen molar-refractivity contribution in [2.45, 2.75) is 31.1 Å². The average Bonchev–Trinajstić information content (AvgIpc) is 2.87. The van der Waals surface area contributed by atoms with Crippen molar-refractivity contribution in [3.63, 3.8) is 0 Å². The first-order valence-corrected chi connectivity index (χ1v) is 5.85. The van der Waals surface area contributed by atoms with Crippen LogP contribution in [0.5, 0.6) is 0 Å². The second kappa shape index (κ2) is 5.25. The van der Waals surface area contributed by atoms with Gasteiger partial charge >= 0.3 is 0 Å². The van der Waals surface area contributed by atoms with E-state index in [4.69, 9.17) is 9.47 Å². The molecular weight excluding hydrogens is 192 g/mol. The third kappa shape index (κ3) is 2.69. The number of likely N-dealkylation sites (tertiary alicyclic amines) is 1. The molecule has 2 aliphatic heterocycles. The van der Waals surface area contributed by atoms with Crippen molar-refractivity contribution >= 4 is 0 Å². The average molecular weight is 214 g/mol. The summed E-state index contributed by atoms with van der Waals surface area (Å²) in [6.07, 6.45) is 3.12. The molecule has 0 aromatic carbocycles. The van der Waals surface area contributed by atoms with Crippen molar-refractivity contribution in [3.8, 4) is 0 Å². The van der Waals surface area contributed by atoms with Crippen molar-refractivity contribution < 1.29 is 9.47 Å². The Labute approximate surface area is 91.9 Å². The zero-order chi connectivity index (χ0) is 10.7. The van der Waals surface area contributed by atoms with E-state index < -0.39 is 0 Å². The minimum Gasteiger partial charge on any atom is -0.377 e. The maximum atomic E-state index is 5.42. The Hall–Kier alpha value is -0.160. The second-order valence-electron chi connectivity index (χ2n) is 4.56. The van der Waals surface area contributed by atoms with Gasteiger partial charge in [-0.05, 0) is 19.4 Å². The molecule has 0 aliphatic carbocycles. The minimum absolute atomic E-state index is 0.247. The first kappa shape index (κ1) is 11.3. The molecule has 2 unspecified atom stereocenters. The van der Waals surface area contributed by atoms with Crippen LogP contribution in [-0.4, -0.2) is 63.5 Å². The molecule has 0 aromatic heterocycles. The molecule has 0 bridgehead atoms. The zero-order valence-corrected chi connectivity index (χ0v) is 9.74. The standard InChI is InChI=1S/C11H22N2O2/c1-14-10-7-13(8-11(10)15-2)6-9-4-3-5-12-9/h9-12H,3-8H2,1-2H3/t9-,10?,11?/m1/s1. The lowest BCUT2D eigenvalue weighted by atomic mass is 10.2. The molecule has 2 heterocycles. The predicted octanol–water partition coefficient (Wildman–Crippen LogP) is 0.0840. The molecule has 4 nitrogen and oxygen atoms in total. The Morgan fingerprint density at radius 2 is 1.87 bits per heavy atom. The molecule has 1 N–H and O–H groups in total. The van der Waals surface area contributed by atoms with E-state index >= 15 is 0 Å². The Morgan fingerprint density at radius 1 is 1.20 bits per heavy atom. The first-order chi connectivity index (χ1) is 7.33. The minimum atomic E-state index is 0.247. The van der Waals surface area contributed by atoms with Crippen molar-refractivity contribution in [3.05, 3.63) is 0 Å². The summed E-state index contributed by atoms with van der Waals surface area (Å²) in [7, 11) is 3.54. The molecule has 2 aliphatic rings. The molecule has 3 atom stereocenters. The van der Waals surface area contributed by atoms with Gasteiger partial charge in [-0.3, -0.25) is 4.90 Å². The summed E-state index contributed by atoms with van der Waals surface area (Å²) >= 11 is 0. The van der Waals surface area contributed by atoms with Crippen molar-refractivity contribution in [1.29, 1.82) is 0 Å². The summed E-state index contributed by atoms with van der Waals surface area (Å²) < 4.78 is 10.8. The van der Waals surface area contributed by atoms with Gasteiger partial charge in [-0.2, -0.15) is 0 Å². The molecule has 0 amide bonds. The molecule has 0 aromatic rings. The van der Waals surface area contributed by atoms with Gasteiger partial charge in [0.25, 0.3) is 0 Å². The highest BCUT2D eigenvalue weighted by Gasteiger charge is 2.34. The molecule has 0 radical (unpaired) electrons. The van der Waals surface area contributed by atoms with E-state index in [1.165, 1.54) is 19.4 Å². The van der Waals surface area contributed by atoms with Gasteiger partial charge in [-0.15, -0.1) is 0 Å². The number of ether oxygens (including phenoxy) is 2. The van der Waals surface area contributed by atoms with Gasteiger partial charge in [0.2, 0.25) is 0 Å². The smallest absolute Gasteiger partial charge is 0.0971 e. The quantitative estimate of drug-likeness (QED) is 0.719. The van der Waals surface area contributed by atoms with E-state index in [2.05, 4.69) is 10.2 Å². The van der Waals surface area contributed by atoms with Gasteiger partial charge in [-0.25, -0.2) is 0 Å². The molecule has 15 heavy (non-hydrogen) atoms. The van der Waals surface area contributed by atoms with Crippen LogP contribution in [0.1, 0.15) is 12.8 Å².